The summed E-state index contributed by atoms with van der Waals surface area (Å²) in [5.74, 6) is 2.86. The quantitative estimate of drug-likeness (QED) is 0.913. The highest BCUT2D eigenvalue weighted by Gasteiger charge is 2.15. The molecule has 3 rings (SSSR count). The number of carbonyl (C=O) groups excluding carboxylic acids is 1. The number of hydrogen-bond acceptors (Lipinski definition) is 4. The van der Waals surface area contributed by atoms with Crippen LogP contribution in [0.25, 0.3) is 0 Å². The van der Waals surface area contributed by atoms with Crippen LogP contribution in [0.2, 0.25) is 0 Å². The van der Waals surface area contributed by atoms with E-state index in [1.807, 2.05) is 26.0 Å². The zero-order valence-corrected chi connectivity index (χ0v) is 12.5. The van der Waals surface area contributed by atoms with Gasteiger partial charge in [0.2, 0.25) is 0 Å². The lowest BCUT2D eigenvalue weighted by Gasteiger charge is -2.19. The van der Waals surface area contributed by atoms with Crippen molar-refractivity contribution in [1.29, 1.82) is 0 Å². The van der Waals surface area contributed by atoms with Crippen LogP contribution >= 0.6 is 0 Å². The standard InChI is InChI=1S/C16H18N2O4/c1-10-3-5-13(22-10)11(2)17-16(19)18-12-4-6-14-15(9-12)21-8-7-20-14/h3-6,9,11H,7-8H2,1-2H3,(H2,17,18,19). The van der Waals surface area contributed by atoms with E-state index in [0.717, 1.165) is 11.5 Å². The van der Waals surface area contributed by atoms with Crippen LogP contribution in [0.1, 0.15) is 24.5 Å². The highest BCUT2D eigenvalue weighted by Crippen LogP contribution is 2.32. The van der Waals surface area contributed by atoms with Crippen molar-refractivity contribution in [2.24, 2.45) is 0 Å². The van der Waals surface area contributed by atoms with E-state index in [9.17, 15) is 4.79 Å². The van der Waals surface area contributed by atoms with Crippen LogP contribution in [0.5, 0.6) is 11.5 Å². The molecule has 6 heteroatoms. The highest BCUT2D eigenvalue weighted by atomic mass is 16.6. The Morgan fingerprint density at radius 2 is 1.91 bits per heavy atom. The molecule has 0 bridgehead atoms. The topological polar surface area (TPSA) is 72.7 Å². The van der Waals surface area contributed by atoms with Gasteiger partial charge in [0.15, 0.2) is 11.5 Å². The number of ether oxygens (including phenoxy) is 2. The maximum atomic E-state index is 12.0. The van der Waals surface area contributed by atoms with Gasteiger partial charge in [0.05, 0.1) is 6.04 Å². The molecule has 0 saturated heterocycles. The molecule has 1 aromatic carbocycles. The molecule has 0 saturated carbocycles. The van der Waals surface area contributed by atoms with Crippen LogP contribution in [-0.4, -0.2) is 19.2 Å². The monoisotopic (exact) mass is 302 g/mol. The molecule has 0 spiro atoms. The van der Waals surface area contributed by atoms with Gasteiger partial charge in [-0.15, -0.1) is 0 Å². The summed E-state index contributed by atoms with van der Waals surface area (Å²) in [5.41, 5.74) is 0.643. The Morgan fingerprint density at radius 3 is 2.64 bits per heavy atom. The molecular formula is C16H18N2O4. The molecule has 2 N–H and O–H groups in total. The van der Waals surface area contributed by atoms with Crippen molar-refractivity contribution in [2.75, 3.05) is 18.5 Å². The first-order valence-electron chi connectivity index (χ1n) is 7.15. The number of furan rings is 1. The Morgan fingerprint density at radius 1 is 1.14 bits per heavy atom. The summed E-state index contributed by atoms with van der Waals surface area (Å²) in [4.78, 5) is 12.0. The minimum atomic E-state index is -0.307. The summed E-state index contributed by atoms with van der Waals surface area (Å²) >= 11 is 0. The van der Waals surface area contributed by atoms with Crippen molar-refractivity contribution in [3.05, 3.63) is 41.9 Å². The fraction of sp³-hybridized carbons (Fsp3) is 0.312. The third-order valence-corrected chi connectivity index (χ3v) is 3.34. The number of rotatable bonds is 3. The largest absolute Gasteiger partial charge is 0.486 e. The van der Waals surface area contributed by atoms with Crippen LogP contribution in [0.15, 0.2) is 34.7 Å². The number of carbonyl (C=O) groups is 1. The molecule has 116 valence electrons. The summed E-state index contributed by atoms with van der Waals surface area (Å²) < 4.78 is 16.4. The van der Waals surface area contributed by atoms with Gasteiger partial charge in [-0.25, -0.2) is 4.79 Å². The molecule has 0 radical (unpaired) electrons. The first-order chi connectivity index (χ1) is 10.6. The second-order valence-electron chi connectivity index (χ2n) is 5.13. The van der Waals surface area contributed by atoms with E-state index < -0.39 is 0 Å². The van der Waals surface area contributed by atoms with Gasteiger partial charge < -0.3 is 24.5 Å². The van der Waals surface area contributed by atoms with Gasteiger partial charge in [-0.2, -0.15) is 0 Å². The molecule has 2 aromatic rings. The zero-order valence-electron chi connectivity index (χ0n) is 12.5. The maximum absolute atomic E-state index is 12.0. The average Bonchev–Trinajstić information content (AvgIpc) is 2.94. The lowest BCUT2D eigenvalue weighted by atomic mass is 10.2. The van der Waals surface area contributed by atoms with Crippen LogP contribution in [0.3, 0.4) is 0 Å². The highest BCUT2D eigenvalue weighted by molar-refractivity contribution is 5.89. The van der Waals surface area contributed by atoms with Gasteiger partial charge in [0, 0.05) is 11.8 Å². The van der Waals surface area contributed by atoms with Gasteiger partial charge in [0.25, 0.3) is 0 Å². The fourth-order valence-corrected chi connectivity index (χ4v) is 2.24. The van der Waals surface area contributed by atoms with Crippen LogP contribution in [-0.2, 0) is 0 Å². The van der Waals surface area contributed by atoms with Crippen LogP contribution < -0.4 is 20.1 Å². The summed E-state index contributed by atoms with van der Waals surface area (Å²) in [6.45, 7) is 4.78. The molecule has 2 heterocycles. The first-order valence-corrected chi connectivity index (χ1v) is 7.15. The summed E-state index contributed by atoms with van der Waals surface area (Å²) in [5, 5.41) is 5.59. The van der Waals surface area contributed by atoms with Crippen LogP contribution in [0.4, 0.5) is 10.5 Å². The van der Waals surface area contributed by atoms with Crippen molar-refractivity contribution in [3.8, 4) is 11.5 Å². The maximum Gasteiger partial charge on any atom is 0.319 e. The van der Waals surface area contributed by atoms with Crippen molar-refractivity contribution in [3.63, 3.8) is 0 Å². The predicted molar refractivity (Wildman–Crippen MR) is 81.4 cm³/mol. The second-order valence-corrected chi connectivity index (χ2v) is 5.13. The number of fused-ring (bicyclic) bond motifs is 1. The van der Waals surface area contributed by atoms with Crippen molar-refractivity contribution in [2.45, 2.75) is 19.9 Å². The summed E-state index contributed by atoms with van der Waals surface area (Å²) in [6.07, 6.45) is 0. The lowest BCUT2D eigenvalue weighted by molar-refractivity contribution is 0.171. The molecule has 1 aromatic heterocycles. The van der Waals surface area contributed by atoms with E-state index in [2.05, 4.69) is 10.6 Å². The summed E-state index contributed by atoms with van der Waals surface area (Å²) in [7, 11) is 0. The first kappa shape index (κ1) is 14.3. The summed E-state index contributed by atoms with van der Waals surface area (Å²) in [6, 6.07) is 8.49. The zero-order chi connectivity index (χ0) is 15.5. The molecule has 0 fully saturated rings. The molecule has 6 nitrogen and oxygen atoms in total. The fourth-order valence-electron chi connectivity index (χ4n) is 2.24. The number of nitrogens with one attached hydrogen (secondary N) is 2. The number of urea groups is 1. The Kier molecular flexibility index (Phi) is 3.91. The smallest absolute Gasteiger partial charge is 0.319 e. The van der Waals surface area contributed by atoms with E-state index in [0.29, 0.717) is 30.4 Å². The molecule has 1 aliphatic rings. The average molecular weight is 302 g/mol. The number of anilines is 1. The van der Waals surface area contributed by atoms with Gasteiger partial charge in [-0.1, -0.05) is 0 Å². The second kappa shape index (κ2) is 6.01. The Hall–Kier alpha value is -2.63. The van der Waals surface area contributed by atoms with Gasteiger partial charge >= 0.3 is 6.03 Å². The van der Waals surface area contributed by atoms with E-state index >= 15 is 0 Å². The van der Waals surface area contributed by atoms with Gasteiger partial charge in [-0.05, 0) is 38.1 Å². The van der Waals surface area contributed by atoms with Crippen molar-refractivity contribution < 1.29 is 18.7 Å². The van der Waals surface area contributed by atoms with E-state index in [1.54, 1.807) is 18.2 Å². The SMILES string of the molecule is Cc1ccc(C(C)NC(=O)Nc2ccc3c(c2)OCCO3)o1. The number of benzene rings is 1. The van der Waals surface area contributed by atoms with Crippen LogP contribution in [0, 0.1) is 6.92 Å². The normalized spacial score (nSPS) is 14.3. The molecular weight excluding hydrogens is 284 g/mol. The minimum absolute atomic E-state index is 0.217. The lowest BCUT2D eigenvalue weighted by Crippen LogP contribution is -2.31. The third kappa shape index (κ3) is 3.16. The Balaban J connectivity index is 1.62. The Bertz CT molecular complexity index is 681. The number of hydrogen-bond donors (Lipinski definition) is 2. The van der Waals surface area contributed by atoms with E-state index in [4.69, 9.17) is 13.9 Å². The number of aryl methyl sites for hydroxylation is 1. The minimum Gasteiger partial charge on any atom is -0.486 e. The van der Waals surface area contributed by atoms with Crippen molar-refractivity contribution >= 4 is 11.7 Å². The number of amides is 2. The molecule has 2 amide bonds. The Labute approximate surface area is 128 Å². The van der Waals surface area contributed by atoms with E-state index in [-0.39, 0.29) is 12.1 Å². The van der Waals surface area contributed by atoms with Crippen molar-refractivity contribution in [1.82, 2.24) is 5.32 Å². The van der Waals surface area contributed by atoms with E-state index in [1.165, 1.54) is 0 Å². The predicted octanol–water partition coefficient (Wildman–Crippen LogP) is 3.24. The molecule has 0 aliphatic carbocycles. The molecule has 1 unspecified atom stereocenters. The molecule has 22 heavy (non-hydrogen) atoms. The van der Waals surface area contributed by atoms with Gasteiger partial charge in [-0.3, -0.25) is 0 Å². The molecule has 1 aliphatic heterocycles. The third-order valence-electron chi connectivity index (χ3n) is 3.34. The molecule has 1 atom stereocenters. The van der Waals surface area contributed by atoms with Gasteiger partial charge in [0.1, 0.15) is 24.7 Å².